The van der Waals surface area contributed by atoms with Gasteiger partial charge in [0.05, 0.1) is 18.6 Å². The normalized spacial score (nSPS) is 12.7. The molecule has 1 aromatic heterocycles. The van der Waals surface area contributed by atoms with Gasteiger partial charge in [-0.2, -0.15) is 0 Å². The predicted octanol–water partition coefficient (Wildman–Crippen LogP) is 2.59. The average Bonchev–Trinajstić information content (AvgIpc) is 2.75. The van der Waals surface area contributed by atoms with Gasteiger partial charge in [-0.3, -0.25) is 5.84 Å². The molecule has 0 saturated heterocycles. The van der Waals surface area contributed by atoms with Gasteiger partial charge in [0.2, 0.25) is 0 Å². The average molecular weight is 267 g/mol. The Kier molecular flexibility index (Phi) is 3.20. The largest absolute Gasteiger partial charge is 0.472 e. The Bertz CT molecular complexity index is 428. The van der Waals surface area contributed by atoms with Gasteiger partial charge in [0.1, 0.15) is 0 Å². The number of rotatable bonds is 3. The van der Waals surface area contributed by atoms with Gasteiger partial charge < -0.3 is 4.42 Å². The number of benzene rings is 1. The summed E-state index contributed by atoms with van der Waals surface area (Å²) in [5.74, 6) is 5.55. The molecule has 15 heavy (non-hydrogen) atoms. The van der Waals surface area contributed by atoms with Crippen molar-refractivity contribution in [2.75, 3.05) is 0 Å². The highest BCUT2D eigenvalue weighted by Gasteiger charge is 2.15. The molecule has 2 rings (SSSR count). The van der Waals surface area contributed by atoms with Crippen molar-refractivity contribution in [3.05, 3.63) is 58.5 Å². The highest BCUT2D eigenvalue weighted by molar-refractivity contribution is 9.10. The fourth-order valence-electron chi connectivity index (χ4n) is 1.51. The summed E-state index contributed by atoms with van der Waals surface area (Å²) in [6.07, 6.45) is 3.32. The van der Waals surface area contributed by atoms with Gasteiger partial charge in [-0.15, -0.1) is 0 Å². The third-order valence-electron chi connectivity index (χ3n) is 2.26. The van der Waals surface area contributed by atoms with Gasteiger partial charge in [-0.1, -0.05) is 34.1 Å². The molecule has 1 atom stereocenters. The zero-order valence-corrected chi connectivity index (χ0v) is 9.57. The van der Waals surface area contributed by atoms with E-state index in [0.717, 1.165) is 15.6 Å². The van der Waals surface area contributed by atoms with Gasteiger partial charge in [0, 0.05) is 10.0 Å². The number of hydrogen-bond acceptors (Lipinski definition) is 3. The molecule has 3 nitrogen and oxygen atoms in total. The Morgan fingerprint density at radius 1 is 1.27 bits per heavy atom. The van der Waals surface area contributed by atoms with Crippen LogP contribution in [0.5, 0.6) is 0 Å². The zero-order chi connectivity index (χ0) is 10.7. The van der Waals surface area contributed by atoms with E-state index in [0.29, 0.717) is 0 Å². The summed E-state index contributed by atoms with van der Waals surface area (Å²) < 4.78 is 6.07. The van der Waals surface area contributed by atoms with Crippen molar-refractivity contribution < 1.29 is 4.42 Å². The molecule has 1 unspecified atom stereocenters. The Morgan fingerprint density at radius 2 is 2.07 bits per heavy atom. The maximum absolute atomic E-state index is 5.55. The first-order valence-electron chi connectivity index (χ1n) is 4.55. The van der Waals surface area contributed by atoms with Crippen LogP contribution in [-0.4, -0.2) is 0 Å². The third-order valence-corrected chi connectivity index (χ3v) is 2.98. The molecule has 0 amide bonds. The van der Waals surface area contributed by atoms with Crippen LogP contribution in [0.2, 0.25) is 0 Å². The lowest BCUT2D eigenvalue weighted by atomic mass is 10.0. The summed E-state index contributed by atoms with van der Waals surface area (Å²) in [5.41, 5.74) is 4.86. The van der Waals surface area contributed by atoms with Crippen LogP contribution < -0.4 is 11.3 Å². The molecule has 4 heteroatoms. The fourth-order valence-corrected chi connectivity index (χ4v) is 2.03. The highest BCUT2D eigenvalue weighted by atomic mass is 79.9. The lowest BCUT2D eigenvalue weighted by molar-refractivity contribution is 0.553. The number of hydrazine groups is 1. The quantitative estimate of drug-likeness (QED) is 0.663. The van der Waals surface area contributed by atoms with Crippen molar-refractivity contribution >= 4 is 15.9 Å². The zero-order valence-electron chi connectivity index (χ0n) is 7.98. The van der Waals surface area contributed by atoms with Gasteiger partial charge in [-0.05, 0) is 17.7 Å². The van der Waals surface area contributed by atoms with Crippen LogP contribution in [-0.2, 0) is 0 Å². The SMILES string of the molecule is NNC(c1ccoc1)c1ccccc1Br. The van der Waals surface area contributed by atoms with Crippen LogP contribution >= 0.6 is 15.9 Å². The first-order valence-corrected chi connectivity index (χ1v) is 5.35. The summed E-state index contributed by atoms with van der Waals surface area (Å²) in [6.45, 7) is 0. The van der Waals surface area contributed by atoms with Crippen molar-refractivity contribution in [3.63, 3.8) is 0 Å². The standard InChI is InChI=1S/C11H11BrN2O/c12-10-4-2-1-3-9(10)11(14-13)8-5-6-15-7-8/h1-7,11,14H,13H2. The Morgan fingerprint density at radius 3 is 2.67 bits per heavy atom. The summed E-state index contributed by atoms with van der Waals surface area (Å²) in [4.78, 5) is 0. The van der Waals surface area contributed by atoms with E-state index >= 15 is 0 Å². The van der Waals surface area contributed by atoms with E-state index in [4.69, 9.17) is 10.3 Å². The number of halogens is 1. The first-order chi connectivity index (χ1) is 7.33. The molecule has 0 radical (unpaired) electrons. The number of furan rings is 1. The predicted molar refractivity (Wildman–Crippen MR) is 62.0 cm³/mol. The molecule has 0 aliphatic heterocycles. The molecular formula is C11H11BrN2O. The van der Waals surface area contributed by atoms with Crippen LogP contribution in [0, 0.1) is 0 Å². The Hall–Kier alpha value is -1.10. The minimum Gasteiger partial charge on any atom is -0.472 e. The highest BCUT2D eigenvalue weighted by Crippen LogP contribution is 2.27. The number of nitrogens with two attached hydrogens (primary N) is 1. The lowest BCUT2D eigenvalue weighted by Crippen LogP contribution is -2.28. The van der Waals surface area contributed by atoms with Crippen molar-refractivity contribution in [1.82, 2.24) is 5.43 Å². The van der Waals surface area contributed by atoms with Gasteiger partial charge in [0.15, 0.2) is 0 Å². The second-order valence-electron chi connectivity index (χ2n) is 3.18. The van der Waals surface area contributed by atoms with E-state index in [1.54, 1.807) is 12.5 Å². The number of nitrogens with one attached hydrogen (secondary N) is 1. The summed E-state index contributed by atoms with van der Waals surface area (Å²) in [5, 5.41) is 0. The van der Waals surface area contributed by atoms with Crippen molar-refractivity contribution in [2.45, 2.75) is 6.04 Å². The van der Waals surface area contributed by atoms with E-state index in [2.05, 4.69) is 21.4 Å². The van der Waals surface area contributed by atoms with Crippen LogP contribution in [0.3, 0.4) is 0 Å². The van der Waals surface area contributed by atoms with E-state index in [9.17, 15) is 0 Å². The Labute approximate surface area is 96.4 Å². The fraction of sp³-hybridized carbons (Fsp3) is 0.0909. The smallest absolute Gasteiger partial charge is 0.0954 e. The van der Waals surface area contributed by atoms with E-state index < -0.39 is 0 Å². The Balaban J connectivity index is 2.40. The molecule has 2 aromatic rings. The van der Waals surface area contributed by atoms with Crippen LogP contribution in [0.1, 0.15) is 17.2 Å². The molecule has 0 fully saturated rings. The summed E-state index contributed by atoms with van der Waals surface area (Å²) >= 11 is 3.50. The third kappa shape index (κ3) is 2.12. The molecule has 0 bridgehead atoms. The molecule has 3 N–H and O–H groups in total. The van der Waals surface area contributed by atoms with Crippen molar-refractivity contribution in [3.8, 4) is 0 Å². The molecule has 78 valence electrons. The molecule has 0 spiro atoms. The molecule has 0 aliphatic rings. The topological polar surface area (TPSA) is 51.2 Å². The van der Waals surface area contributed by atoms with E-state index in [1.807, 2.05) is 30.3 Å². The minimum atomic E-state index is -0.0562. The van der Waals surface area contributed by atoms with Crippen LogP contribution in [0.25, 0.3) is 0 Å². The summed E-state index contributed by atoms with van der Waals surface area (Å²) in [7, 11) is 0. The summed E-state index contributed by atoms with van der Waals surface area (Å²) in [6, 6.07) is 9.78. The van der Waals surface area contributed by atoms with Gasteiger partial charge in [0.25, 0.3) is 0 Å². The lowest BCUT2D eigenvalue weighted by Gasteiger charge is -2.15. The van der Waals surface area contributed by atoms with Crippen molar-refractivity contribution in [2.24, 2.45) is 5.84 Å². The first kappa shape index (κ1) is 10.4. The second kappa shape index (κ2) is 4.61. The van der Waals surface area contributed by atoms with Crippen LogP contribution in [0.15, 0.2) is 51.7 Å². The van der Waals surface area contributed by atoms with E-state index in [1.165, 1.54) is 0 Å². The maximum Gasteiger partial charge on any atom is 0.0954 e. The van der Waals surface area contributed by atoms with Gasteiger partial charge in [-0.25, -0.2) is 5.43 Å². The molecule has 1 heterocycles. The van der Waals surface area contributed by atoms with E-state index in [-0.39, 0.29) is 6.04 Å². The maximum atomic E-state index is 5.55. The minimum absolute atomic E-state index is 0.0562. The second-order valence-corrected chi connectivity index (χ2v) is 4.03. The monoisotopic (exact) mass is 266 g/mol. The van der Waals surface area contributed by atoms with Crippen LogP contribution in [0.4, 0.5) is 0 Å². The molecule has 0 aliphatic carbocycles. The number of hydrogen-bond donors (Lipinski definition) is 2. The van der Waals surface area contributed by atoms with Gasteiger partial charge >= 0.3 is 0 Å². The van der Waals surface area contributed by atoms with Crippen molar-refractivity contribution in [1.29, 1.82) is 0 Å². The molecule has 1 aromatic carbocycles. The molecular weight excluding hydrogens is 256 g/mol. The molecule has 0 saturated carbocycles.